The Balaban J connectivity index is 1.96. The van der Waals surface area contributed by atoms with E-state index in [1.165, 1.54) is 17.5 Å². The van der Waals surface area contributed by atoms with Crippen molar-refractivity contribution in [3.63, 3.8) is 0 Å². The molecule has 1 aromatic heterocycles. The van der Waals surface area contributed by atoms with Crippen LogP contribution in [0.5, 0.6) is 0 Å². The molecule has 102 valence electrons. The monoisotopic (exact) mass is 276 g/mol. The van der Waals surface area contributed by atoms with Gasteiger partial charge in [0.25, 0.3) is 5.22 Å². The molecule has 19 heavy (non-hydrogen) atoms. The Kier molecular flexibility index (Phi) is 5.48. The lowest BCUT2D eigenvalue weighted by Gasteiger charge is -2.15. The van der Waals surface area contributed by atoms with Gasteiger partial charge >= 0.3 is 0 Å². The zero-order valence-electron chi connectivity index (χ0n) is 11.4. The maximum atomic E-state index is 5.24. The molecule has 0 aliphatic rings. The molecular formula is C15H20N2OS. The van der Waals surface area contributed by atoms with Crippen molar-refractivity contribution in [2.75, 3.05) is 12.8 Å². The molecule has 0 fully saturated rings. The number of oxazole rings is 1. The highest BCUT2D eigenvalue weighted by Crippen LogP contribution is 2.23. The molecule has 0 saturated carbocycles. The van der Waals surface area contributed by atoms with Gasteiger partial charge in [-0.05, 0) is 24.6 Å². The van der Waals surface area contributed by atoms with E-state index in [1.54, 1.807) is 24.2 Å². The Morgan fingerprint density at radius 1 is 1.32 bits per heavy atom. The molecule has 1 unspecified atom stereocenters. The minimum absolute atomic E-state index is 0.313. The number of benzene rings is 1. The number of hydrogen-bond donors (Lipinski definition) is 1. The topological polar surface area (TPSA) is 38.1 Å². The highest BCUT2D eigenvalue weighted by molar-refractivity contribution is 7.99. The Hall–Kier alpha value is -1.26. The second kappa shape index (κ2) is 7.36. The molecule has 4 heteroatoms. The van der Waals surface area contributed by atoms with Crippen LogP contribution in [-0.4, -0.2) is 17.8 Å². The molecule has 1 aromatic carbocycles. The maximum absolute atomic E-state index is 5.24. The summed E-state index contributed by atoms with van der Waals surface area (Å²) in [6, 6.07) is 9.18. The molecule has 0 spiro atoms. The first-order chi connectivity index (χ1) is 9.33. The number of aromatic nitrogens is 1. The maximum Gasteiger partial charge on any atom is 0.255 e. The third kappa shape index (κ3) is 4.11. The fourth-order valence-corrected chi connectivity index (χ4v) is 2.92. The van der Waals surface area contributed by atoms with Crippen molar-refractivity contribution >= 4 is 11.8 Å². The summed E-state index contributed by atoms with van der Waals surface area (Å²) in [5.74, 6) is 0.907. The van der Waals surface area contributed by atoms with Gasteiger partial charge in [-0.3, -0.25) is 0 Å². The van der Waals surface area contributed by atoms with Crippen molar-refractivity contribution in [3.8, 4) is 0 Å². The van der Waals surface area contributed by atoms with Gasteiger partial charge in [0.05, 0.1) is 6.20 Å². The third-order valence-electron chi connectivity index (χ3n) is 3.05. The van der Waals surface area contributed by atoms with E-state index in [2.05, 4.69) is 41.5 Å². The minimum Gasteiger partial charge on any atom is -0.440 e. The molecule has 1 heterocycles. The minimum atomic E-state index is 0.313. The molecule has 1 N–H and O–H groups in total. The van der Waals surface area contributed by atoms with E-state index in [1.807, 2.05) is 7.05 Å². The SMILES string of the molecule is CCCc1ccc(C(CSc2ncco2)NC)cc1. The zero-order valence-corrected chi connectivity index (χ0v) is 12.2. The van der Waals surface area contributed by atoms with Crippen LogP contribution in [0, 0.1) is 0 Å². The first-order valence-corrected chi connectivity index (χ1v) is 7.60. The molecule has 0 bridgehead atoms. The highest BCUT2D eigenvalue weighted by atomic mass is 32.2. The molecule has 0 amide bonds. The Morgan fingerprint density at radius 3 is 2.68 bits per heavy atom. The predicted octanol–water partition coefficient (Wildman–Crippen LogP) is 3.68. The lowest BCUT2D eigenvalue weighted by Crippen LogP contribution is -2.18. The van der Waals surface area contributed by atoms with Gasteiger partial charge in [0.15, 0.2) is 0 Å². The number of nitrogens with one attached hydrogen (secondary N) is 1. The van der Waals surface area contributed by atoms with E-state index in [0.29, 0.717) is 6.04 Å². The molecular weight excluding hydrogens is 256 g/mol. The summed E-state index contributed by atoms with van der Waals surface area (Å²) in [4.78, 5) is 4.12. The zero-order chi connectivity index (χ0) is 13.5. The van der Waals surface area contributed by atoms with Crippen LogP contribution in [0.4, 0.5) is 0 Å². The van der Waals surface area contributed by atoms with Gasteiger partial charge < -0.3 is 9.73 Å². The number of hydrogen-bond acceptors (Lipinski definition) is 4. The van der Waals surface area contributed by atoms with Crippen molar-refractivity contribution < 1.29 is 4.42 Å². The first-order valence-electron chi connectivity index (χ1n) is 6.62. The van der Waals surface area contributed by atoms with Crippen LogP contribution in [0.2, 0.25) is 0 Å². The summed E-state index contributed by atoms with van der Waals surface area (Å²) in [6.45, 7) is 2.21. The number of nitrogens with zero attached hydrogens (tertiary/aromatic N) is 1. The van der Waals surface area contributed by atoms with Gasteiger partial charge in [0, 0.05) is 11.8 Å². The smallest absolute Gasteiger partial charge is 0.255 e. The van der Waals surface area contributed by atoms with Crippen molar-refractivity contribution in [1.29, 1.82) is 0 Å². The van der Waals surface area contributed by atoms with Gasteiger partial charge in [0.1, 0.15) is 6.26 Å². The van der Waals surface area contributed by atoms with E-state index < -0.39 is 0 Å². The second-order valence-electron chi connectivity index (χ2n) is 4.44. The van der Waals surface area contributed by atoms with E-state index in [9.17, 15) is 0 Å². The normalized spacial score (nSPS) is 12.5. The lowest BCUT2D eigenvalue weighted by atomic mass is 10.0. The summed E-state index contributed by atoms with van der Waals surface area (Å²) in [7, 11) is 1.99. The van der Waals surface area contributed by atoms with E-state index >= 15 is 0 Å². The van der Waals surface area contributed by atoms with Gasteiger partial charge in [-0.25, -0.2) is 4.98 Å². The summed E-state index contributed by atoms with van der Waals surface area (Å²) >= 11 is 1.63. The molecule has 0 radical (unpaired) electrons. The van der Waals surface area contributed by atoms with E-state index in [0.717, 1.165) is 17.4 Å². The van der Waals surface area contributed by atoms with E-state index in [4.69, 9.17) is 4.42 Å². The molecule has 1 atom stereocenters. The molecule has 0 aliphatic heterocycles. The number of rotatable bonds is 7. The first kappa shape index (κ1) is 14.2. The largest absolute Gasteiger partial charge is 0.440 e. The van der Waals surface area contributed by atoms with Crippen LogP contribution in [-0.2, 0) is 6.42 Å². The van der Waals surface area contributed by atoms with Crippen LogP contribution >= 0.6 is 11.8 Å². The molecule has 2 aromatic rings. The fourth-order valence-electron chi connectivity index (χ4n) is 1.99. The highest BCUT2D eigenvalue weighted by Gasteiger charge is 2.11. The second-order valence-corrected chi connectivity index (χ2v) is 5.41. The van der Waals surface area contributed by atoms with E-state index in [-0.39, 0.29) is 0 Å². The van der Waals surface area contributed by atoms with Crippen LogP contribution < -0.4 is 5.32 Å². The summed E-state index contributed by atoms with van der Waals surface area (Å²) < 4.78 is 5.24. The van der Waals surface area contributed by atoms with Crippen LogP contribution in [0.15, 0.2) is 46.4 Å². The summed E-state index contributed by atoms with van der Waals surface area (Å²) in [6.07, 6.45) is 5.62. The predicted molar refractivity (Wildman–Crippen MR) is 79.5 cm³/mol. The quantitative estimate of drug-likeness (QED) is 0.783. The van der Waals surface area contributed by atoms with Gasteiger partial charge in [-0.1, -0.05) is 49.4 Å². The summed E-state index contributed by atoms with van der Waals surface area (Å²) in [5, 5.41) is 4.07. The van der Waals surface area contributed by atoms with Gasteiger partial charge in [-0.2, -0.15) is 0 Å². The van der Waals surface area contributed by atoms with Gasteiger partial charge in [-0.15, -0.1) is 0 Å². The van der Waals surface area contributed by atoms with Crippen LogP contribution in [0.1, 0.15) is 30.5 Å². The fraction of sp³-hybridized carbons (Fsp3) is 0.400. The Bertz CT molecular complexity index is 467. The average Bonchev–Trinajstić information content (AvgIpc) is 2.95. The van der Waals surface area contributed by atoms with Crippen LogP contribution in [0.25, 0.3) is 0 Å². The lowest BCUT2D eigenvalue weighted by molar-refractivity contribution is 0.453. The van der Waals surface area contributed by atoms with Crippen molar-refractivity contribution in [2.45, 2.75) is 31.0 Å². The Morgan fingerprint density at radius 2 is 2.11 bits per heavy atom. The van der Waals surface area contributed by atoms with Crippen molar-refractivity contribution in [2.24, 2.45) is 0 Å². The third-order valence-corrected chi connectivity index (χ3v) is 4.00. The van der Waals surface area contributed by atoms with Crippen molar-refractivity contribution in [3.05, 3.63) is 47.9 Å². The van der Waals surface area contributed by atoms with Crippen LogP contribution in [0.3, 0.4) is 0 Å². The molecule has 0 aliphatic carbocycles. The van der Waals surface area contributed by atoms with Crippen molar-refractivity contribution in [1.82, 2.24) is 10.3 Å². The van der Waals surface area contributed by atoms with Gasteiger partial charge in [0.2, 0.25) is 0 Å². The molecule has 3 nitrogen and oxygen atoms in total. The summed E-state index contributed by atoms with van der Waals surface area (Å²) in [5.41, 5.74) is 2.71. The molecule has 2 rings (SSSR count). The molecule has 0 saturated heterocycles. The Labute approximate surface area is 118 Å². The average molecular weight is 276 g/mol. The number of thioether (sulfide) groups is 1. The standard InChI is InChI=1S/C15H20N2OS/c1-3-4-12-5-7-13(8-6-12)14(16-2)11-19-15-17-9-10-18-15/h5-10,14,16H,3-4,11H2,1-2H3. The number of aryl methyl sites for hydroxylation is 1.